The van der Waals surface area contributed by atoms with Gasteiger partial charge in [-0.2, -0.15) is 0 Å². The predicted molar refractivity (Wildman–Crippen MR) is 105 cm³/mol. The van der Waals surface area contributed by atoms with Crippen molar-refractivity contribution >= 4 is 29.3 Å². The van der Waals surface area contributed by atoms with Crippen LogP contribution in [0.25, 0.3) is 0 Å². The summed E-state index contributed by atoms with van der Waals surface area (Å²) in [7, 11) is 3.28. The number of hydrogen-bond acceptors (Lipinski definition) is 3. The van der Waals surface area contributed by atoms with Gasteiger partial charge in [0, 0.05) is 39.2 Å². The second-order valence-corrected chi connectivity index (χ2v) is 6.42. The number of halogens is 1. The number of benzene rings is 2. The van der Waals surface area contributed by atoms with Crippen molar-refractivity contribution in [2.24, 2.45) is 0 Å². The second kappa shape index (κ2) is 9.73. The van der Waals surface area contributed by atoms with Crippen LogP contribution in [0.1, 0.15) is 32.7 Å². The lowest BCUT2D eigenvalue weighted by Gasteiger charge is -2.17. The van der Waals surface area contributed by atoms with Gasteiger partial charge in [0.15, 0.2) is 0 Å². The first kappa shape index (κ1) is 20.5. The average Bonchev–Trinajstić information content (AvgIpc) is 2.68. The Hall–Kier alpha value is -2.86. The summed E-state index contributed by atoms with van der Waals surface area (Å²) in [4.78, 5) is 37.4. The van der Waals surface area contributed by atoms with Gasteiger partial charge in [-0.05, 0) is 29.8 Å². The molecule has 0 aliphatic rings. The number of nitrogens with zero attached hydrogens (tertiary/aromatic N) is 1. The van der Waals surface area contributed by atoms with Gasteiger partial charge in [-0.15, -0.1) is 0 Å². The lowest BCUT2D eigenvalue weighted by molar-refractivity contribution is -0.130. The molecule has 0 unspecified atom stereocenters. The minimum Gasteiger partial charge on any atom is -0.355 e. The smallest absolute Gasteiger partial charge is 0.252 e. The third-order valence-electron chi connectivity index (χ3n) is 4.03. The molecule has 142 valence electrons. The zero-order valence-electron chi connectivity index (χ0n) is 15.3. The van der Waals surface area contributed by atoms with Gasteiger partial charge in [0.05, 0.1) is 10.6 Å². The molecule has 7 heteroatoms. The van der Waals surface area contributed by atoms with Gasteiger partial charge in [-0.1, -0.05) is 35.9 Å². The van der Waals surface area contributed by atoms with Crippen LogP contribution in [0.2, 0.25) is 5.02 Å². The fourth-order valence-corrected chi connectivity index (χ4v) is 2.70. The van der Waals surface area contributed by atoms with E-state index in [4.69, 9.17) is 11.6 Å². The molecular formula is C20H22ClN3O3. The second-order valence-electron chi connectivity index (χ2n) is 6.01. The zero-order valence-corrected chi connectivity index (χ0v) is 16.0. The van der Waals surface area contributed by atoms with Gasteiger partial charge < -0.3 is 15.5 Å². The summed E-state index contributed by atoms with van der Waals surface area (Å²) in [5, 5.41) is 5.64. The summed E-state index contributed by atoms with van der Waals surface area (Å²) < 4.78 is 0. The van der Waals surface area contributed by atoms with Crippen LogP contribution in [0, 0.1) is 0 Å². The van der Waals surface area contributed by atoms with E-state index in [-0.39, 0.29) is 30.7 Å². The Morgan fingerprint density at radius 1 is 1.00 bits per heavy atom. The van der Waals surface area contributed by atoms with Crippen LogP contribution in [0.3, 0.4) is 0 Å². The minimum atomic E-state index is -0.305. The highest BCUT2D eigenvalue weighted by Crippen LogP contribution is 2.14. The molecule has 6 nitrogen and oxygen atoms in total. The van der Waals surface area contributed by atoms with Crippen molar-refractivity contribution in [1.29, 1.82) is 0 Å². The Balaban J connectivity index is 1.81. The largest absolute Gasteiger partial charge is 0.355 e. The quantitative estimate of drug-likeness (QED) is 0.766. The molecule has 0 bridgehead atoms. The molecule has 0 saturated carbocycles. The molecule has 27 heavy (non-hydrogen) atoms. The van der Waals surface area contributed by atoms with Crippen LogP contribution in [-0.2, 0) is 11.3 Å². The molecule has 3 amide bonds. The molecule has 2 N–H and O–H groups in total. The van der Waals surface area contributed by atoms with E-state index in [9.17, 15) is 14.4 Å². The maximum absolute atomic E-state index is 12.2. The zero-order chi connectivity index (χ0) is 19.8. The molecule has 2 aromatic rings. The van der Waals surface area contributed by atoms with Crippen molar-refractivity contribution < 1.29 is 14.4 Å². The summed E-state index contributed by atoms with van der Waals surface area (Å²) in [6, 6.07) is 13.8. The molecule has 2 rings (SSSR count). The third-order valence-corrected chi connectivity index (χ3v) is 4.36. The first-order valence-corrected chi connectivity index (χ1v) is 8.88. The van der Waals surface area contributed by atoms with Crippen molar-refractivity contribution in [3.05, 3.63) is 70.2 Å². The van der Waals surface area contributed by atoms with E-state index in [1.807, 2.05) is 12.1 Å². The maximum atomic E-state index is 12.2. The van der Waals surface area contributed by atoms with E-state index >= 15 is 0 Å². The van der Waals surface area contributed by atoms with Crippen LogP contribution >= 0.6 is 11.6 Å². The highest BCUT2D eigenvalue weighted by molar-refractivity contribution is 6.33. The number of nitrogens with one attached hydrogen (secondary N) is 2. The third kappa shape index (κ3) is 5.82. The molecule has 0 aliphatic heterocycles. The molecule has 0 atom stereocenters. The highest BCUT2D eigenvalue weighted by atomic mass is 35.5. The van der Waals surface area contributed by atoms with E-state index in [0.29, 0.717) is 22.7 Å². The molecule has 2 aromatic carbocycles. The lowest BCUT2D eigenvalue weighted by Crippen LogP contribution is -2.32. The van der Waals surface area contributed by atoms with Crippen molar-refractivity contribution in [3.63, 3.8) is 0 Å². The monoisotopic (exact) mass is 387 g/mol. The normalized spacial score (nSPS) is 10.2. The van der Waals surface area contributed by atoms with E-state index in [1.54, 1.807) is 55.4 Å². The van der Waals surface area contributed by atoms with E-state index < -0.39 is 0 Å². The summed E-state index contributed by atoms with van der Waals surface area (Å²) in [5.74, 6) is -0.550. The number of hydrogen-bond donors (Lipinski definition) is 2. The Labute approximate surface area is 163 Å². The first-order chi connectivity index (χ1) is 12.9. The van der Waals surface area contributed by atoms with Gasteiger partial charge in [-0.25, -0.2) is 0 Å². The van der Waals surface area contributed by atoms with Crippen LogP contribution in [0.5, 0.6) is 0 Å². The summed E-state index contributed by atoms with van der Waals surface area (Å²) in [6.45, 7) is 0.647. The van der Waals surface area contributed by atoms with E-state index in [0.717, 1.165) is 5.56 Å². The Morgan fingerprint density at radius 3 is 2.30 bits per heavy atom. The lowest BCUT2D eigenvalue weighted by atomic mass is 10.1. The molecule has 0 aromatic heterocycles. The van der Waals surface area contributed by atoms with Crippen molar-refractivity contribution in [2.45, 2.75) is 13.0 Å². The Kier molecular flexibility index (Phi) is 7.37. The summed E-state index contributed by atoms with van der Waals surface area (Å²) in [5.41, 5.74) is 1.87. The number of rotatable bonds is 7. The molecule has 0 spiro atoms. The molecular weight excluding hydrogens is 366 g/mol. The van der Waals surface area contributed by atoms with Crippen molar-refractivity contribution in [2.75, 3.05) is 20.6 Å². The first-order valence-electron chi connectivity index (χ1n) is 8.50. The number of carbonyl (C=O) groups excluding carboxylic acids is 3. The highest BCUT2D eigenvalue weighted by Gasteiger charge is 2.12. The summed E-state index contributed by atoms with van der Waals surface area (Å²) in [6.07, 6.45) is 0.184. The number of carbonyl (C=O) groups is 3. The number of amides is 3. The maximum Gasteiger partial charge on any atom is 0.252 e. The van der Waals surface area contributed by atoms with Crippen molar-refractivity contribution in [1.82, 2.24) is 15.5 Å². The average molecular weight is 388 g/mol. The van der Waals surface area contributed by atoms with E-state index in [1.165, 1.54) is 0 Å². The van der Waals surface area contributed by atoms with Gasteiger partial charge >= 0.3 is 0 Å². The predicted octanol–water partition coefficient (Wildman–Crippen LogP) is 2.48. The van der Waals surface area contributed by atoms with Gasteiger partial charge in [0.2, 0.25) is 5.91 Å². The van der Waals surface area contributed by atoms with Crippen molar-refractivity contribution in [3.8, 4) is 0 Å². The molecule has 0 saturated heterocycles. The fraction of sp³-hybridized carbons (Fsp3) is 0.250. The molecule has 0 radical (unpaired) electrons. The van der Waals surface area contributed by atoms with Crippen LogP contribution in [-0.4, -0.2) is 43.3 Å². The van der Waals surface area contributed by atoms with Crippen LogP contribution in [0.4, 0.5) is 0 Å². The summed E-state index contributed by atoms with van der Waals surface area (Å²) >= 11 is 5.98. The topological polar surface area (TPSA) is 78.5 Å². The van der Waals surface area contributed by atoms with E-state index in [2.05, 4.69) is 10.6 Å². The Bertz CT molecular complexity index is 821. The molecule has 0 aliphatic carbocycles. The molecule has 0 fully saturated rings. The SMILES string of the molecule is CNC(=O)c1ccc(CN(C)C(=O)CCNC(=O)c2ccccc2Cl)cc1. The fourth-order valence-electron chi connectivity index (χ4n) is 2.48. The van der Waals surface area contributed by atoms with Gasteiger partial charge in [0.1, 0.15) is 0 Å². The Morgan fingerprint density at radius 2 is 1.67 bits per heavy atom. The van der Waals surface area contributed by atoms with Crippen LogP contribution < -0.4 is 10.6 Å². The van der Waals surface area contributed by atoms with Gasteiger partial charge in [0.25, 0.3) is 11.8 Å². The van der Waals surface area contributed by atoms with Gasteiger partial charge in [-0.3, -0.25) is 14.4 Å². The standard InChI is InChI=1S/C20H22ClN3O3/c1-22-19(26)15-9-7-14(8-10-15)13-24(2)18(25)11-12-23-20(27)16-5-3-4-6-17(16)21/h3-10H,11-13H2,1-2H3,(H,22,26)(H,23,27). The molecule has 0 heterocycles. The minimum absolute atomic E-state index is 0.0927. The van der Waals surface area contributed by atoms with Crippen LogP contribution in [0.15, 0.2) is 48.5 Å².